The molecule has 0 aliphatic carbocycles. The van der Waals surface area contributed by atoms with E-state index in [9.17, 15) is 14.4 Å². The summed E-state index contributed by atoms with van der Waals surface area (Å²) < 4.78 is 5.56. The number of nitrogens with zero attached hydrogens (tertiary/aromatic N) is 1. The van der Waals surface area contributed by atoms with Crippen LogP contribution in [-0.4, -0.2) is 30.5 Å². The average Bonchev–Trinajstić information content (AvgIpc) is 2.81. The van der Waals surface area contributed by atoms with E-state index in [1.54, 1.807) is 72.8 Å². The van der Waals surface area contributed by atoms with Crippen molar-refractivity contribution in [1.29, 1.82) is 0 Å². The van der Waals surface area contributed by atoms with Crippen molar-refractivity contribution in [2.24, 2.45) is 5.10 Å². The number of nitrogens with one attached hydrogen (secondary N) is 3. The van der Waals surface area contributed by atoms with Gasteiger partial charge < -0.3 is 15.4 Å². The van der Waals surface area contributed by atoms with E-state index in [1.807, 2.05) is 0 Å². The van der Waals surface area contributed by atoms with Crippen molar-refractivity contribution < 1.29 is 19.1 Å². The first-order chi connectivity index (χ1) is 15.9. The average molecular weight is 485 g/mol. The Hall–Kier alpha value is -3.88. The maximum Gasteiger partial charge on any atom is 0.329 e. The molecule has 3 N–H and O–H groups in total. The first kappa shape index (κ1) is 23.8. The van der Waals surface area contributed by atoms with Crippen molar-refractivity contribution >= 4 is 58.5 Å². The molecule has 0 atom stereocenters. The summed E-state index contributed by atoms with van der Waals surface area (Å²) in [6, 6.07) is 20.1. The molecular formula is C23H18Cl2N4O4. The Balaban J connectivity index is 1.54. The lowest BCUT2D eigenvalue weighted by molar-refractivity contribution is -0.136. The van der Waals surface area contributed by atoms with Crippen molar-refractivity contribution in [3.63, 3.8) is 0 Å². The van der Waals surface area contributed by atoms with Gasteiger partial charge in [0.05, 0.1) is 27.6 Å². The number of hydrazone groups is 1. The fraction of sp³-hybridized carbons (Fsp3) is 0.0435. The summed E-state index contributed by atoms with van der Waals surface area (Å²) in [6.45, 7) is -0.275. The zero-order chi connectivity index (χ0) is 23.6. The van der Waals surface area contributed by atoms with Crippen molar-refractivity contribution in [3.05, 3.63) is 88.4 Å². The predicted molar refractivity (Wildman–Crippen MR) is 128 cm³/mol. The van der Waals surface area contributed by atoms with E-state index in [4.69, 9.17) is 27.9 Å². The Labute approximate surface area is 199 Å². The van der Waals surface area contributed by atoms with Crippen LogP contribution >= 0.6 is 23.2 Å². The van der Waals surface area contributed by atoms with Crippen LogP contribution in [0.25, 0.3) is 0 Å². The minimum atomic E-state index is -0.983. The molecule has 3 aromatic carbocycles. The smallest absolute Gasteiger partial charge is 0.329 e. The van der Waals surface area contributed by atoms with Crippen molar-refractivity contribution in [2.75, 3.05) is 17.2 Å². The van der Waals surface area contributed by atoms with Crippen LogP contribution in [0.3, 0.4) is 0 Å². The molecule has 0 heterocycles. The number of rotatable bonds is 7. The highest BCUT2D eigenvalue weighted by molar-refractivity contribution is 6.41. The molecule has 10 heteroatoms. The van der Waals surface area contributed by atoms with Crippen LogP contribution in [0.5, 0.6) is 5.75 Å². The zero-order valence-electron chi connectivity index (χ0n) is 17.0. The predicted octanol–water partition coefficient (Wildman–Crippen LogP) is 4.10. The van der Waals surface area contributed by atoms with E-state index in [2.05, 4.69) is 21.2 Å². The van der Waals surface area contributed by atoms with E-state index in [0.717, 1.165) is 0 Å². The number of hydrogen-bond acceptors (Lipinski definition) is 5. The normalized spacial score (nSPS) is 10.5. The molecule has 0 spiro atoms. The first-order valence-electron chi connectivity index (χ1n) is 9.59. The number of halogens is 2. The van der Waals surface area contributed by atoms with Gasteiger partial charge in [-0.05, 0) is 36.4 Å². The van der Waals surface area contributed by atoms with Gasteiger partial charge in [0.25, 0.3) is 5.91 Å². The molecule has 3 rings (SSSR count). The minimum Gasteiger partial charge on any atom is -0.483 e. The van der Waals surface area contributed by atoms with Gasteiger partial charge in [-0.3, -0.25) is 14.4 Å². The lowest BCUT2D eigenvalue weighted by atomic mass is 10.2. The van der Waals surface area contributed by atoms with Gasteiger partial charge in [-0.15, -0.1) is 0 Å². The van der Waals surface area contributed by atoms with E-state index < -0.39 is 17.7 Å². The third kappa shape index (κ3) is 7.06. The van der Waals surface area contributed by atoms with Crippen LogP contribution in [0.4, 0.5) is 11.4 Å². The Kier molecular flexibility index (Phi) is 8.40. The van der Waals surface area contributed by atoms with Crippen LogP contribution < -0.4 is 20.8 Å². The largest absolute Gasteiger partial charge is 0.483 e. The summed E-state index contributed by atoms with van der Waals surface area (Å²) in [5.41, 5.74) is 3.38. The van der Waals surface area contributed by atoms with Gasteiger partial charge in [-0.25, -0.2) is 5.43 Å². The summed E-state index contributed by atoms with van der Waals surface area (Å²) >= 11 is 12.0. The second-order valence-electron chi connectivity index (χ2n) is 6.49. The fourth-order valence-corrected chi connectivity index (χ4v) is 2.93. The van der Waals surface area contributed by atoms with Crippen molar-refractivity contribution in [3.8, 4) is 5.75 Å². The highest BCUT2D eigenvalue weighted by Crippen LogP contribution is 2.21. The Morgan fingerprint density at radius 2 is 1.36 bits per heavy atom. The number of para-hydroxylation sites is 3. The first-order valence-corrected chi connectivity index (χ1v) is 10.3. The molecule has 0 saturated heterocycles. The van der Waals surface area contributed by atoms with Crippen LogP contribution in [0.2, 0.25) is 10.0 Å². The topological polar surface area (TPSA) is 109 Å². The molecule has 0 aliphatic rings. The molecule has 33 heavy (non-hydrogen) atoms. The van der Waals surface area contributed by atoms with Gasteiger partial charge in [0.15, 0.2) is 6.61 Å². The number of hydrogen-bond donors (Lipinski definition) is 3. The number of carbonyl (C=O) groups is 3. The van der Waals surface area contributed by atoms with Crippen LogP contribution in [0.1, 0.15) is 5.56 Å². The molecule has 0 aliphatic heterocycles. The molecule has 8 nitrogen and oxygen atoms in total. The van der Waals surface area contributed by atoms with Crippen molar-refractivity contribution in [1.82, 2.24) is 5.43 Å². The number of ether oxygens (including phenoxy) is 1. The third-order valence-corrected chi connectivity index (χ3v) is 4.78. The molecule has 0 radical (unpaired) electrons. The van der Waals surface area contributed by atoms with Gasteiger partial charge in [0.2, 0.25) is 0 Å². The van der Waals surface area contributed by atoms with E-state index in [0.29, 0.717) is 32.7 Å². The van der Waals surface area contributed by atoms with Gasteiger partial charge in [0.1, 0.15) is 5.75 Å². The molecule has 0 aromatic heterocycles. The quantitative estimate of drug-likeness (QED) is 0.266. The van der Waals surface area contributed by atoms with E-state index in [-0.39, 0.29) is 6.61 Å². The summed E-state index contributed by atoms with van der Waals surface area (Å²) in [4.78, 5) is 36.1. The number of benzene rings is 3. The summed E-state index contributed by atoms with van der Waals surface area (Å²) in [5, 5.41) is 9.53. The highest BCUT2D eigenvalue weighted by atomic mass is 35.5. The lowest BCUT2D eigenvalue weighted by Gasteiger charge is -2.10. The Bertz CT molecular complexity index is 1200. The summed E-state index contributed by atoms with van der Waals surface area (Å²) in [7, 11) is 0. The number of anilines is 2. The SMILES string of the molecule is O=C(COc1ccccc1/C=N\NC(=O)C(=O)Nc1ccccc1Cl)Nc1ccccc1Cl. The Morgan fingerprint density at radius 1 is 0.788 bits per heavy atom. The van der Waals surface area contributed by atoms with E-state index >= 15 is 0 Å². The van der Waals surface area contributed by atoms with Crippen LogP contribution in [0.15, 0.2) is 77.9 Å². The minimum absolute atomic E-state index is 0.275. The van der Waals surface area contributed by atoms with Crippen molar-refractivity contribution in [2.45, 2.75) is 0 Å². The molecule has 3 aromatic rings. The zero-order valence-corrected chi connectivity index (χ0v) is 18.6. The standard InChI is InChI=1S/C23H18Cl2N4O4/c24-16-8-2-4-10-18(16)27-21(30)14-33-20-12-6-1-7-15(20)13-26-29-23(32)22(31)28-19-11-5-3-9-17(19)25/h1-13H,14H2,(H,27,30)(H,28,31)(H,29,32)/b26-13-. The fourth-order valence-electron chi connectivity index (χ4n) is 2.56. The summed E-state index contributed by atoms with van der Waals surface area (Å²) in [5.74, 6) is -1.96. The molecule has 0 unspecified atom stereocenters. The second-order valence-corrected chi connectivity index (χ2v) is 7.30. The molecule has 0 bridgehead atoms. The molecular weight excluding hydrogens is 467 g/mol. The van der Waals surface area contributed by atoms with Gasteiger partial charge in [0, 0.05) is 5.56 Å². The molecule has 0 fully saturated rings. The molecule has 168 valence electrons. The van der Waals surface area contributed by atoms with Gasteiger partial charge >= 0.3 is 11.8 Å². The molecule has 0 saturated carbocycles. The van der Waals surface area contributed by atoms with Gasteiger partial charge in [-0.2, -0.15) is 5.10 Å². The third-order valence-electron chi connectivity index (χ3n) is 4.12. The number of carbonyl (C=O) groups excluding carboxylic acids is 3. The summed E-state index contributed by atoms with van der Waals surface area (Å²) in [6.07, 6.45) is 1.29. The monoisotopic (exact) mass is 484 g/mol. The Morgan fingerprint density at radius 3 is 2.03 bits per heavy atom. The number of amides is 3. The second kappa shape index (κ2) is 11.7. The maximum absolute atomic E-state index is 12.2. The highest BCUT2D eigenvalue weighted by Gasteiger charge is 2.14. The van der Waals surface area contributed by atoms with E-state index in [1.165, 1.54) is 6.21 Å². The molecule has 3 amide bonds. The maximum atomic E-state index is 12.2. The lowest BCUT2D eigenvalue weighted by Crippen LogP contribution is -2.32. The van der Waals surface area contributed by atoms with Gasteiger partial charge in [-0.1, -0.05) is 59.6 Å². The van der Waals surface area contributed by atoms with Crippen LogP contribution in [-0.2, 0) is 14.4 Å². The van der Waals surface area contributed by atoms with Crippen LogP contribution in [0, 0.1) is 0 Å².